The molecule has 13 nitrogen and oxygen atoms in total. The number of hydrogen-bond donors (Lipinski definition) is 3. The molecule has 2 amide bonds. The van der Waals surface area contributed by atoms with Crippen LogP contribution in [0.3, 0.4) is 0 Å². The summed E-state index contributed by atoms with van der Waals surface area (Å²) in [4.78, 5) is 59.1. The summed E-state index contributed by atoms with van der Waals surface area (Å²) < 4.78 is 1.88. The molecule has 4 aromatic heterocycles. The number of aryl methyl sites for hydroxylation is 2. The third kappa shape index (κ3) is 4.96. The molecule has 3 atom stereocenters. The zero-order valence-electron chi connectivity index (χ0n) is 24.6. The minimum Gasteiger partial charge on any atom is -0.392 e. The van der Waals surface area contributed by atoms with Crippen LogP contribution in [-0.4, -0.2) is 74.2 Å². The molecular weight excluding hydrogens is 632 g/mol. The Kier molecular flexibility index (Phi) is 7.33. The number of amides is 2. The standard InChI is InChI=1S/C30H31BrN8O5/c1-15-26-20(9-21(34-15)19-10-32-17(3)33-11-19)25(16(2)41)37-38(26)12-24(42)39-22(7-8-29(4)14-30(29,39)44)28(43)36-27-18(13-40)5-6-23(31)35-27/h5-6,9-11,22,40,44H,7-8,12-14H2,1-4H3,(H,35,36,43)/t22-,29-,30-/m0/s1. The fourth-order valence-electron chi connectivity index (χ4n) is 6.18. The maximum absolute atomic E-state index is 14.1. The second-order valence-corrected chi connectivity index (χ2v) is 12.5. The van der Waals surface area contributed by atoms with Crippen molar-refractivity contribution in [3.63, 3.8) is 0 Å². The number of aliphatic hydroxyl groups is 2. The number of aliphatic hydroxyl groups excluding tert-OH is 1. The number of fused-ring (bicyclic) bond motifs is 2. The van der Waals surface area contributed by atoms with E-state index >= 15 is 0 Å². The summed E-state index contributed by atoms with van der Waals surface area (Å²) in [5.41, 5.74) is 0.761. The van der Waals surface area contributed by atoms with Crippen molar-refractivity contribution in [3.8, 4) is 11.3 Å². The molecule has 0 bridgehead atoms. The van der Waals surface area contributed by atoms with Crippen molar-refractivity contribution in [2.45, 2.75) is 71.9 Å². The largest absolute Gasteiger partial charge is 0.392 e. The first-order chi connectivity index (χ1) is 20.8. The summed E-state index contributed by atoms with van der Waals surface area (Å²) in [6.45, 7) is 6.16. The van der Waals surface area contributed by atoms with Gasteiger partial charge in [0, 0.05) is 47.7 Å². The highest BCUT2D eigenvalue weighted by atomic mass is 79.9. The van der Waals surface area contributed by atoms with Crippen LogP contribution in [0.1, 0.15) is 60.7 Å². The molecule has 1 saturated heterocycles. The van der Waals surface area contributed by atoms with E-state index < -0.39 is 29.0 Å². The zero-order chi connectivity index (χ0) is 31.6. The van der Waals surface area contributed by atoms with Gasteiger partial charge in [-0.2, -0.15) is 5.10 Å². The SMILES string of the molecule is CC(=O)c1nn(CC(=O)N2[C@H](C(=O)Nc3nc(Br)ccc3CO)CC[C@@]3(C)C[C@@]23O)c2c(C)nc(-c3cnc(C)nc3)cc12. The third-order valence-electron chi connectivity index (χ3n) is 8.68. The van der Waals surface area contributed by atoms with Gasteiger partial charge in [0.05, 0.1) is 23.5 Å². The lowest BCUT2D eigenvalue weighted by atomic mass is 9.90. The fourth-order valence-corrected chi connectivity index (χ4v) is 6.49. The van der Waals surface area contributed by atoms with Gasteiger partial charge < -0.3 is 20.4 Å². The van der Waals surface area contributed by atoms with Gasteiger partial charge in [-0.15, -0.1) is 0 Å². The van der Waals surface area contributed by atoms with Crippen LogP contribution in [0.2, 0.25) is 0 Å². The summed E-state index contributed by atoms with van der Waals surface area (Å²) in [7, 11) is 0. The molecule has 1 saturated carbocycles. The van der Waals surface area contributed by atoms with E-state index in [1.54, 1.807) is 44.4 Å². The first kappa shape index (κ1) is 29.9. The second kappa shape index (κ2) is 10.8. The molecule has 0 spiro atoms. The molecule has 14 heteroatoms. The van der Waals surface area contributed by atoms with E-state index in [4.69, 9.17) is 4.98 Å². The lowest BCUT2D eigenvalue weighted by Gasteiger charge is -2.41. The maximum Gasteiger partial charge on any atom is 0.248 e. The van der Waals surface area contributed by atoms with Crippen LogP contribution < -0.4 is 5.32 Å². The predicted molar refractivity (Wildman–Crippen MR) is 162 cm³/mol. The first-order valence-corrected chi connectivity index (χ1v) is 14.9. The highest BCUT2D eigenvalue weighted by Gasteiger charge is 2.72. The third-order valence-corrected chi connectivity index (χ3v) is 9.12. The van der Waals surface area contributed by atoms with Crippen LogP contribution in [0.25, 0.3) is 22.2 Å². The Morgan fingerprint density at radius 1 is 1.16 bits per heavy atom. The molecular formula is C30H31BrN8O5. The van der Waals surface area contributed by atoms with Gasteiger partial charge >= 0.3 is 0 Å². The minimum absolute atomic E-state index is 0.163. The van der Waals surface area contributed by atoms with Crippen LogP contribution in [0.15, 0.2) is 35.2 Å². The van der Waals surface area contributed by atoms with E-state index in [1.165, 1.54) is 16.5 Å². The second-order valence-electron chi connectivity index (χ2n) is 11.7. The van der Waals surface area contributed by atoms with Gasteiger partial charge in [-0.25, -0.2) is 15.0 Å². The highest BCUT2D eigenvalue weighted by molar-refractivity contribution is 9.10. The summed E-state index contributed by atoms with van der Waals surface area (Å²) in [5, 5.41) is 29.2. The number of anilines is 1. The maximum atomic E-state index is 14.1. The number of carbonyl (C=O) groups excluding carboxylic acids is 3. The molecule has 0 aromatic carbocycles. The number of Topliss-reactive ketones (excluding diaryl/α,β-unsaturated/α-hetero) is 1. The van der Waals surface area contributed by atoms with Gasteiger partial charge in [0.1, 0.15) is 40.3 Å². The van der Waals surface area contributed by atoms with Crippen molar-refractivity contribution in [2.75, 3.05) is 5.32 Å². The van der Waals surface area contributed by atoms with Gasteiger partial charge in [-0.1, -0.05) is 13.0 Å². The molecule has 1 aliphatic heterocycles. The van der Waals surface area contributed by atoms with E-state index in [2.05, 4.69) is 41.3 Å². The molecule has 1 aliphatic carbocycles. The molecule has 0 unspecified atom stereocenters. The molecule has 4 aromatic rings. The molecule has 6 rings (SSSR count). The smallest absolute Gasteiger partial charge is 0.248 e. The average Bonchev–Trinajstić information content (AvgIpc) is 3.37. The van der Waals surface area contributed by atoms with E-state index in [-0.39, 0.29) is 30.4 Å². The van der Waals surface area contributed by atoms with Crippen molar-refractivity contribution in [3.05, 3.63) is 58.0 Å². The van der Waals surface area contributed by atoms with Gasteiger partial charge in [0.2, 0.25) is 11.8 Å². The van der Waals surface area contributed by atoms with Crippen LogP contribution in [0.4, 0.5) is 5.82 Å². The first-order valence-electron chi connectivity index (χ1n) is 14.1. The molecule has 3 N–H and O–H groups in total. The quantitative estimate of drug-likeness (QED) is 0.197. The number of nitrogens with zero attached hydrogens (tertiary/aromatic N) is 7. The van der Waals surface area contributed by atoms with Crippen molar-refractivity contribution < 1.29 is 24.6 Å². The number of pyridine rings is 2. The average molecular weight is 664 g/mol. The summed E-state index contributed by atoms with van der Waals surface area (Å²) in [6, 6.07) is 4.00. The van der Waals surface area contributed by atoms with Crippen molar-refractivity contribution in [1.82, 2.24) is 34.6 Å². The number of carbonyl (C=O) groups is 3. The monoisotopic (exact) mass is 662 g/mol. The Bertz CT molecular complexity index is 1840. The summed E-state index contributed by atoms with van der Waals surface area (Å²) in [6.07, 6.45) is 4.49. The molecule has 44 heavy (non-hydrogen) atoms. The Morgan fingerprint density at radius 2 is 1.89 bits per heavy atom. The Labute approximate surface area is 260 Å². The summed E-state index contributed by atoms with van der Waals surface area (Å²) in [5.74, 6) is -0.574. The number of ketones is 1. The normalized spacial score (nSPS) is 22.5. The molecule has 2 aliphatic rings. The molecule has 228 valence electrons. The van der Waals surface area contributed by atoms with Crippen LogP contribution in [-0.2, 0) is 22.7 Å². The van der Waals surface area contributed by atoms with E-state index in [0.29, 0.717) is 63.1 Å². The van der Waals surface area contributed by atoms with Gasteiger partial charge in [-0.05, 0) is 54.8 Å². The number of piperidine rings is 1. The van der Waals surface area contributed by atoms with Gasteiger partial charge in [-0.3, -0.25) is 24.0 Å². The number of rotatable bonds is 7. The van der Waals surface area contributed by atoms with Gasteiger partial charge in [0.25, 0.3) is 0 Å². The van der Waals surface area contributed by atoms with Crippen molar-refractivity contribution in [2.24, 2.45) is 5.41 Å². The van der Waals surface area contributed by atoms with Crippen LogP contribution >= 0.6 is 15.9 Å². The molecule has 0 radical (unpaired) electrons. The molecule has 2 fully saturated rings. The van der Waals surface area contributed by atoms with Gasteiger partial charge in [0.15, 0.2) is 5.78 Å². The number of nitrogens with one attached hydrogen (secondary N) is 1. The number of halogens is 1. The summed E-state index contributed by atoms with van der Waals surface area (Å²) >= 11 is 3.28. The predicted octanol–water partition coefficient (Wildman–Crippen LogP) is 3.09. The van der Waals surface area contributed by atoms with Crippen LogP contribution in [0, 0.1) is 19.3 Å². The Morgan fingerprint density at radius 3 is 2.57 bits per heavy atom. The number of aromatic nitrogens is 6. The van der Waals surface area contributed by atoms with E-state index in [1.807, 2.05) is 6.92 Å². The van der Waals surface area contributed by atoms with E-state index in [0.717, 1.165) is 0 Å². The van der Waals surface area contributed by atoms with Crippen molar-refractivity contribution >= 4 is 50.2 Å². The van der Waals surface area contributed by atoms with Crippen molar-refractivity contribution in [1.29, 1.82) is 0 Å². The Hall–Kier alpha value is -4.14. The van der Waals surface area contributed by atoms with Crippen LogP contribution in [0.5, 0.6) is 0 Å². The Balaban J connectivity index is 1.35. The molecule has 5 heterocycles. The lowest BCUT2D eigenvalue weighted by molar-refractivity contribution is -0.165. The number of likely N-dealkylation sites (tertiary alicyclic amines) is 1. The van der Waals surface area contributed by atoms with E-state index in [9.17, 15) is 24.6 Å². The lowest BCUT2D eigenvalue weighted by Crippen LogP contribution is -2.59. The minimum atomic E-state index is -1.52. The number of hydrogen-bond acceptors (Lipinski definition) is 10. The topological polar surface area (TPSA) is 176 Å². The fraction of sp³-hybridized carbons (Fsp3) is 0.400. The highest BCUT2D eigenvalue weighted by Crippen LogP contribution is 2.64. The zero-order valence-corrected chi connectivity index (χ0v) is 26.2.